The minimum absolute atomic E-state index is 0.180. The lowest BCUT2D eigenvalue weighted by Gasteiger charge is -2.26. The molecule has 0 saturated carbocycles. The van der Waals surface area contributed by atoms with E-state index >= 15 is 0 Å². The van der Waals surface area contributed by atoms with Gasteiger partial charge in [-0.05, 0) is 12.1 Å². The molecule has 0 aliphatic carbocycles. The van der Waals surface area contributed by atoms with Crippen LogP contribution in [0.4, 0.5) is 5.95 Å². The zero-order valence-electron chi connectivity index (χ0n) is 14.0. The number of carbonyl (C=O) groups excluding carboxylic acids is 1. The number of aromatic nitrogens is 3. The zero-order valence-corrected chi connectivity index (χ0v) is 14.0. The summed E-state index contributed by atoms with van der Waals surface area (Å²) >= 11 is 0. The van der Waals surface area contributed by atoms with Crippen LogP contribution in [-0.4, -0.2) is 51.6 Å². The monoisotopic (exact) mass is 341 g/mol. The number of nitrogens with zero attached hydrogens (tertiary/aromatic N) is 5. The molecule has 130 valence electrons. The Hall–Kier alpha value is -2.74. The minimum Gasteiger partial charge on any atom is -0.378 e. The third-order valence-corrected chi connectivity index (χ3v) is 4.58. The van der Waals surface area contributed by atoms with Gasteiger partial charge in [0.05, 0.1) is 25.5 Å². The lowest BCUT2D eigenvalue weighted by atomic mass is 10.2. The van der Waals surface area contributed by atoms with Crippen molar-refractivity contribution >= 4 is 11.9 Å². The average Bonchev–Trinajstić information content (AvgIpc) is 3.07. The van der Waals surface area contributed by atoms with E-state index in [-0.39, 0.29) is 17.0 Å². The van der Waals surface area contributed by atoms with Gasteiger partial charge in [0.15, 0.2) is 0 Å². The van der Waals surface area contributed by atoms with Crippen molar-refractivity contribution in [1.82, 2.24) is 19.4 Å². The molecule has 2 aliphatic heterocycles. The number of ether oxygens (including phenoxy) is 1. The summed E-state index contributed by atoms with van der Waals surface area (Å²) in [5.74, 6) is 0.402. The van der Waals surface area contributed by atoms with Crippen molar-refractivity contribution in [3.63, 3.8) is 0 Å². The van der Waals surface area contributed by atoms with Crippen LogP contribution in [0.1, 0.15) is 21.6 Å². The first-order valence-electron chi connectivity index (χ1n) is 8.26. The van der Waals surface area contributed by atoms with Crippen LogP contribution in [0.5, 0.6) is 0 Å². The standard InChI is InChI=1S/C17H19N5O3/c1-20-4-2-3-13(15(20)23)16(24)22-10-12-9-18-17(19-14(12)11-22)21-5-7-25-8-6-21/h2-4,9H,5-8,10-11H2,1H3. The number of hydrogen-bond donors (Lipinski definition) is 0. The van der Waals surface area contributed by atoms with E-state index in [1.165, 1.54) is 4.57 Å². The van der Waals surface area contributed by atoms with Gasteiger partial charge < -0.3 is 19.1 Å². The first kappa shape index (κ1) is 15.8. The molecule has 8 heteroatoms. The molecule has 4 rings (SSSR count). The lowest BCUT2D eigenvalue weighted by molar-refractivity contribution is 0.0748. The van der Waals surface area contributed by atoms with E-state index in [1.54, 1.807) is 36.5 Å². The van der Waals surface area contributed by atoms with Gasteiger partial charge >= 0.3 is 0 Å². The van der Waals surface area contributed by atoms with Crippen molar-refractivity contribution in [2.45, 2.75) is 13.1 Å². The Morgan fingerprint density at radius 1 is 1.24 bits per heavy atom. The number of hydrogen-bond acceptors (Lipinski definition) is 6. The molecular formula is C17H19N5O3. The molecule has 0 bridgehead atoms. The Kier molecular flexibility index (Phi) is 3.96. The average molecular weight is 341 g/mol. The molecule has 0 radical (unpaired) electrons. The van der Waals surface area contributed by atoms with Crippen molar-refractivity contribution in [1.29, 1.82) is 0 Å². The SMILES string of the molecule is Cn1cccc(C(=O)N2Cc3cnc(N4CCOCC4)nc3C2)c1=O. The molecule has 0 spiro atoms. The van der Waals surface area contributed by atoms with E-state index in [0.717, 1.165) is 24.3 Å². The van der Waals surface area contributed by atoms with Crippen LogP contribution >= 0.6 is 0 Å². The van der Waals surface area contributed by atoms with Gasteiger partial charge in [-0.2, -0.15) is 0 Å². The second kappa shape index (κ2) is 6.29. The van der Waals surface area contributed by atoms with E-state index in [4.69, 9.17) is 4.74 Å². The number of morpholine rings is 1. The second-order valence-electron chi connectivity index (χ2n) is 6.24. The molecule has 2 aliphatic rings. The highest BCUT2D eigenvalue weighted by molar-refractivity contribution is 5.94. The fourth-order valence-corrected chi connectivity index (χ4v) is 3.13. The molecule has 0 atom stereocenters. The van der Waals surface area contributed by atoms with Gasteiger partial charge in [0.2, 0.25) is 5.95 Å². The lowest BCUT2D eigenvalue weighted by Crippen LogP contribution is -2.37. The van der Waals surface area contributed by atoms with Gasteiger partial charge in [0, 0.05) is 44.6 Å². The van der Waals surface area contributed by atoms with Crippen LogP contribution in [0.25, 0.3) is 0 Å². The molecule has 8 nitrogen and oxygen atoms in total. The number of fused-ring (bicyclic) bond motifs is 1. The molecule has 1 fully saturated rings. The van der Waals surface area contributed by atoms with Crippen LogP contribution in [0.15, 0.2) is 29.3 Å². The van der Waals surface area contributed by atoms with Crippen LogP contribution in [0, 0.1) is 0 Å². The highest BCUT2D eigenvalue weighted by Gasteiger charge is 2.28. The highest BCUT2D eigenvalue weighted by Crippen LogP contribution is 2.23. The minimum atomic E-state index is -0.288. The highest BCUT2D eigenvalue weighted by atomic mass is 16.5. The molecule has 4 heterocycles. The number of aryl methyl sites for hydroxylation is 1. The molecule has 1 amide bonds. The third kappa shape index (κ3) is 2.89. The van der Waals surface area contributed by atoms with E-state index in [0.29, 0.717) is 32.3 Å². The maximum Gasteiger partial charge on any atom is 0.263 e. The Bertz CT molecular complexity index is 873. The van der Waals surface area contributed by atoms with Gasteiger partial charge in [0.1, 0.15) is 5.56 Å². The number of rotatable bonds is 2. The predicted octanol–water partition coefficient (Wildman–Crippen LogP) is 0.168. The molecule has 25 heavy (non-hydrogen) atoms. The quantitative estimate of drug-likeness (QED) is 0.775. The second-order valence-corrected chi connectivity index (χ2v) is 6.24. The van der Waals surface area contributed by atoms with Crippen molar-refractivity contribution in [3.05, 3.63) is 51.7 Å². The van der Waals surface area contributed by atoms with Gasteiger partial charge in [-0.3, -0.25) is 9.59 Å². The Balaban J connectivity index is 1.55. The van der Waals surface area contributed by atoms with Gasteiger partial charge in [-0.15, -0.1) is 0 Å². The maximum atomic E-state index is 12.7. The van der Waals surface area contributed by atoms with E-state index < -0.39 is 0 Å². The first-order chi connectivity index (χ1) is 12.1. The summed E-state index contributed by atoms with van der Waals surface area (Å²) in [5.41, 5.74) is 1.67. The zero-order chi connectivity index (χ0) is 17.4. The number of pyridine rings is 1. The maximum absolute atomic E-state index is 12.7. The summed E-state index contributed by atoms with van der Waals surface area (Å²) in [4.78, 5) is 37.7. The largest absolute Gasteiger partial charge is 0.378 e. The van der Waals surface area contributed by atoms with Crippen LogP contribution in [0.2, 0.25) is 0 Å². The third-order valence-electron chi connectivity index (χ3n) is 4.58. The fourth-order valence-electron chi connectivity index (χ4n) is 3.13. The van der Waals surface area contributed by atoms with Gasteiger partial charge in [0.25, 0.3) is 11.5 Å². The molecular weight excluding hydrogens is 322 g/mol. The van der Waals surface area contributed by atoms with E-state index in [2.05, 4.69) is 14.9 Å². The van der Waals surface area contributed by atoms with E-state index in [9.17, 15) is 9.59 Å². The smallest absolute Gasteiger partial charge is 0.263 e. The normalized spacial score (nSPS) is 16.8. The number of amides is 1. The van der Waals surface area contributed by atoms with Crippen LogP contribution in [-0.2, 0) is 24.9 Å². The van der Waals surface area contributed by atoms with Gasteiger partial charge in [-0.1, -0.05) is 0 Å². The molecule has 0 unspecified atom stereocenters. The van der Waals surface area contributed by atoms with E-state index in [1.807, 2.05) is 0 Å². The molecule has 1 saturated heterocycles. The van der Waals surface area contributed by atoms with Crippen molar-refractivity contribution in [2.24, 2.45) is 7.05 Å². The summed E-state index contributed by atoms with van der Waals surface area (Å²) in [7, 11) is 1.64. The van der Waals surface area contributed by atoms with Crippen molar-refractivity contribution < 1.29 is 9.53 Å². The summed E-state index contributed by atoms with van der Waals surface area (Å²) in [6, 6.07) is 3.27. The van der Waals surface area contributed by atoms with Gasteiger partial charge in [-0.25, -0.2) is 9.97 Å². The number of carbonyl (C=O) groups is 1. The Morgan fingerprint density at radius 2 is 2.04 bits per heavy atom. The Morgan fingerprint density at radius 3 is 2.84 bits per heavy atom. The first-order valence-corrected chi connectivity index (χ1v) is 8.26. The summed E-state index contributed by atoms with van der Waals surface area (Å²) < 4.78 is 6.76. The molecule has 2 aromatic heterocycles. The predicted molar refractivity (Wildman–Crippen MR) is 90.3 cm³/mol. The number of anilines is 1. The van der Waals surface area contributed by atoms with Crippen LogP contribution < -0.4 is 10.5 Å². The fraction of sp³-hybridized carbons (Fsp3) is 0.412. The molecule has 2 aromatic rings. The van der Waals surface area contributed by atoms with Crippen molar-refractivity contribution in [3.8, 4) is 0 Å². The van der Waals surface area contributed by atoms with Crippen LogP contribution in [0.3, 0.4) is 0 Å². The summed E-state index contributed by atoms with van der Waals surface area (Å²) in [6.07, 6.45) is 3.42. The molecule has 0 N–H and O–H groups in total. The van der Waals surface area contributed by atoms with Crippen molar-refractivity contribution in [2.75, 3.05) is 31.2 Å². The molecule has 0 aromatic carbocycles. The Labute approximate surface area is 144 Å². The topological polar surface area (TPSA) is 80.6 Å². The summed E-state index contributed by atoms with van der Waals surface area (Å²) in [5, 5.41) is 0. The summed E-state index contributed by atoms with van der Waals surface area (Å²) in [6.45, 7) is 3.69.